The highest BCUT2D eigenvalue weighted by Gasteiger charge is 2.27. The molecule has 6 nitrogen and oxygen atoms in total. The third kappa shape index (κ3) is 8.43. The molecule has 0 aliphatic carbocycles. The number of guanidine groups is 1. The van der Waals surface area contributed by atoms with Crippen LogP contribution in [0.3, 0.4) is 0 Å². The number of aliphatic imine (C=N–C) groups is 1. The average molecular weight is 397 g/mol. The smallest absolute Gasteiger partial charge is 0.367 e. The number of halogens is 3. The molecule has 1 unspecified atom stereocenters. The number of ether oxygens (including phenoxy) is 1. The molecule has 0 spiro atoms. The van der Waals surface area contributed by atoms with Gasteiger partial charge in [-0.25, -0.2) is 0 Å². The number of nitrogens with zero attached hydrogens (tertiary/aromatic N) is 3. The molecule has 2 N–H and O–H groups in total. The van der Waals surface area contributed by atoms with E-state index in [2.05, 4.69) is 32.4 Å². The second-order valence-electron chi connectivity index (χ2n) is 6.56. The van der Waals surface area contributed by atoms with Gasteiger partial charge in [0, 0.05) is 39.1 Å². The highest BCUT2D eigenvalue weighted by atomic mass is 19.4. The van der Waals surface area contributed by atoms with Crippen LogP contribution in [-0.4, -0.2) is 42.1 Å². The Kier molecular flexibility index (Phi) is 8.31. The van der Waals surface area contributed by atoms with Crippen LogP contribution in [-0.2, 0) is 24.4 Å². The van der Waals surface area contributed by atoms with Crippen LogP contribution in [0.25, 0.3) is 0 Å². The Morgan fingerprint density at radius 3 is 2.54 bits per heavy atom. The largest absolute Gasteiger partial charge is 0.411 e. The van der Waals surface area contributed by atoms with Crippen LogP contribution in [0.4, 0.5) is 13.2 Å². The van der Waals surface area contributed by atoms with Gasteiger partial charge in [-0.3, -0.25) is 9.67 Å². The first kappa shape index (κ1) is 21.7. The van der Waals surface area contributed by atoms with Crippen molar-refractivity contribution in [3.8, 4) is 0 Å². The molecule has 0 aliphatic rings. The lowest BCUT2D eigenvalue weighted by atomic mass is 10.1. The van der Waals surface area contributed by atoms with E-state index >= 15 is 0 Å². The first-order chi connectivity index (χ1) is 13.4. The van der Waals surface area contributed by atoms with Crippen LogP contribution in [0.15, 0.2) is 47.7 Å². The lowest BCUT2D eigenvalue weighted by molar-refractivity contribution is -0.176. The van der Waals surface area contributed by atoms with Crippen molar-refractivity contribution in [1.82, 2.24) is 20.4 Å². The number of alkyl halides is 3. The van der Waals surface area contributed by atoms with Gasteiger partial charge >= 0.3 is 6.18 Å². The first-order valence-corrected chi connectivity index (χ1v) is 9.00. The summed E-state index contributed by atoms with van der Waals surface area (Å²) in [7, 11) is 1.70. The van der Waals surface area contributed by atoms with Gasteiger partial charge in [0.15, 0.2) is 5.96 Å². The Labute approximate surface area is 162 Å². The SMILES string of the molecule is CN=C(NCc1ccc(COCC(F)(F)F)cc1)NCC(C)Cn1cccn1. The third-order valence-electron chi connectivity index (χ3n) is 3.92. The standard InChI is InChI=1S/C19H26F3N5O/c1-15(12-27-9-3-8-26-27)10-24-18(23-2)25-11-16-4-6-17(7-5-16)13-28-14-19(20,21)22/h3-9,15H,10-14H2,1-2H3,(H2,23,24,25). The Morgan fingerprint density at radius 1 is 1.21 bits per heavy atom. The molecule has 28 heavy (non-hydrogen) atoms. The van der Waals surface area contributed by atoms with E-state index in [0.29, 0.717) is 24.0 Å². The molecule has 154 valence electrons. The first-order valence-electron chi connectivity index (χ1n) is 9.00. The normalized spacial score (nSPS) is 13.4. The highest BCUT2D eigenvalue weighted by molar-refractivity contribution is 5.79. The van der Waals surface area contributed by atoms with Gasteiger partial charge in [-0.2, -0.15) is 18.3 Å². The number of benzene rings is 1. The number of rotatable bonds is 9. The minimum absolute atomic E-state index is 0.0649. The third-order valence-corrected chi connectivity index (χ3v) is 3.92. The lowest BCUT2D eigenvalue weighted by Gasteiger charge is -2.16. The van der Waals surface area contributed by atoms with Crippen molar-refractivity contribution in [3.63, 3.8) is 0 Å². The van der Waals surface area contributed by atoms with Gasteiger partial charge in [0.2, 0.25) is 0 Å². The van der Waals surface area contributed by atoms with Gasteiger partial charge < -0.3 is 15.4 Å². The van der Waals surface area contributed by atoms with Crippen LogP contribution >= 0.6 is 0 Å². The molecule has 2 rings (SSSR count). The summed E-state index contributed by atoms with van der Waals surface area (Å²) in [6.45, 7) is 2.93. The van der Waals surface area contributed by atoms with Gasteiger partial charge in [-0.1, -0.05) is 31.2 Å². The number of aromatic nitrogens is 2. The van der Waals surface area contributed by atoms with Gasteiger partial charge in [-0.05, 0) is 23.1 Å². The predicted octanol–water partition coefficient (Wildman–Crippen LogP) is 2.96. The van der Waals surface area contributed by atoms with E-state index in [1.165, 1.54) is 0 Å². The van der Waals surface area contributed by atoms with E-state index < -0.39 is 12.8 Å². The van der Waals surface area contributed by atoms with E-state index in [1.54, 1.807) is 25.4 Å². The van der Waals surface area contributed by atoms with Gasteiger partial charge in [0.05, 0.1) is 6.61 Å². The molecule has 9 heteroatoms. The quantitative estimate of drug-likeness (QED) is 0.505. The topological polar surface area (TPSA) is 63.5 Å². The zero-order valence-electron chi connectivity index (χ0n) is 16.0. The lowest BCUT2D eigenvalue weighted by Crippen LogP contribution is -2.39. The maximum Gasteiger partial charge on any atom is 0.411 e. The molecule has 1 aromatic carbocycles. The molecule has 1 heterocycles. The van der Waals surface area contributed by atoms with Crippen molar-refractivity contribution in [2.24, 2.45) is 10.9 Å². The summed E-state index contributed by atoms with van der Waals surface area (Å²) in [4.78, 5) is 4.20. The Bertz CT molecular complexity index is 714. The Morgan fingerprint density at radius 2 is 1.93 bits per heavy atom. The summed E-state index contributed by atoms with van der Waals surface area (Å²) < 4.78 is 42.8. The van der Waals surface area contributed by atoms with Crippen molar-refractivity contribution in [1.29, 1.82) is 0 Å². The second-order valence-corrected chi connectivity index (χ2v) is 6.56. The Hall–Kier alpha value is -2.55. The summed E-state index contributed by atoms with van der Waals surface area (Å²) in [5.41, 5.74) is 1.69. The fourth-order valence-electron chi connectivity index (χ4n) is 2.51. The maximum atomic E-state index is 12.1. The zero-order valence-corrected chi connectivity index (χ0v) is 16.0. The minimum Gasteiger partial charge on any atom is -0.367 e. The van der Waals surface area contributed by atoms with Crippen LogP contribution in [0, 0.1) is 5.92 Å². The van der Waals surface area contributed by atoms with Crippen LogP contribution in [0.2, 0.25) is 0 Å². The monoisotopic (exact) mass is 397 g/mol. The molecule has 1 aromatic heterocycles. The van der Waals surface area contributed by atoms with Gasteiger partial charge in [-0.15, -0.1) is 0 Å². The van der Waals surface area contributed by atoms with Crippen molar-refractivity contribution in [2.75, 3.05) is 20.2 Å². The van der Waals surface area contributed by atoms with E-state index in [-0.39, 0.29) is 6.61 Å². The van der Waals surface area contributed by atoms with Crippen LogP contribution < -0.4 is 10.6 Å². The molecule has 0 saturated heterocycles. The second kappa shape index (κ2) is 10.7. The fraction of sp³-hybridized carbons (Fsp3) is 0.474. The zero-order chi connectivity index (χ0) is 20.4. The molecule has 0 fully saturated rings. The molecule has 0 aliphatic heterocycles. The highest BCUT2D eigenvalue weighted by Crippen LogP contribution is 2.15. The summed E-state index contributed by atoms with van der Waals surface area (Å²) in [5, 5.41) is 10.7. The summed E-state index contributed by atoms with van der Waals surface area (Å²) in [5.74, 6) is 1.05. The van der Waals surface area contributed by atoms with Crippen LogP contribution in [0.5, 0.6) is 0 Å². The van der Waals surface area contributed by atoms with E-state index in [0.717, 1.165) is 18.7 Å². The number of hydrogen-bond acceptors (Lipinski definition) is 3. The van der Waals surface area contributed by atoms with Crippen molar-refractivity contribution < 1.29 is 17.9 Å². The molecular weight excluding hydrogens is 371 g/mol. The molecule has 0 saturated carbocycles. The van der Waals surface area contributed by atoms with E-state index in [9.17, 15) is 13.2 Å². The van der Waals surface area contributed by atoms with Gasteiger partial charge in [0.1, 0.15) is 6.61 Å². The van der Waals surface area contributed by atoms with Crippen molar-refractivity contribution >= 4 is 5.96 Å². The Balaban J connectivity index is 1.70. The van der Waals surface area contributed by atoms with Crippen molar-refractivity contribution in [2.45, 2.75) is 32.8 Å². The van der Waals surface area contributed by atoms with E-state index in [4.69, 9.17) is 0 Å². The van der Waals surface area contributed by atoms with Crippen molar-refractivity contribution in [3.05, 3.63) is 53.9 Å². The van der Waals surface area contributed by atoms with Gasteiger partial charge in [0.25, 0.3) is 0 Å². The molecule has 0 amide bonds. The molecule has 2 aromatic rings. The number of nitrogens with one attached hydrogen (secondary N) is 2. The maximum absolute atomic E-state index is 12.1. The fourth-order valence-corrected chi connectivity index (χ4v) is 2.51. The predicted molar refractivity (Wildman–Crippen MR) is 102 cm³/mol. The average Bonchev–Trinajstić information content (AvgIpc) is 3.15. The minimum atomic E-state index is -4.30. The summed E-state index contributed by atoms with van der Waals surface area (Å²) in [6, 6.07) is 9.12. The molecular formula is C19H26F3N5O. The van der Waals surface area contributed by atoms with Crippen LogP contribution in [0.1, 0.15) is 18.1 Å². The summed E-state index contributed by atoms with van der Waals surface area (Å²) >= 11 is 0. The molecule has 0 bridgehead atoms. The summed E-state index contributed by atoms with van der Waals surface area (Å²) in [6.07, 6.45) is -0.613. The molecule has 1 atom stereocenters. The number of hydrogen-bond donors (Lipinski definition) is 2. The van der Waals surface area contributed by atoms with E-state index in [1.807, 2.05) is 29.1 Å². The molecule has 0 radical (unpaired) electrons.